The van der Waals surface area contributed by atoms with Gasteiger partial charge in [0.25, 0.3) is 0 Å². The first-order valence-electron chi connectivity index (χ1n) is 7.95. The van der Waals surface area contributed by atoms with Gasteiger partial charge in [0.05, 0.1) is 12.3 Å². The summed E-state index contributed by atoms with van der Waals surface area (Å²) in [5, 5.41) is 0. The summed E-state index contributed by atoms with van der Waals surface area (Å²) in [5.74, 6) is -0.492. The zero-order valence-corrected chi connectivity index (χ0v) is 16.4. The van der Waals surface area contributed by atoms with Crippen LogP contribution in [-0.2, 0) is 4.43 Å². The van der Waals surface area contributed by atoms with Crippen LogP contribution in [0.5, 0.6) is 0 Å². The molecule has 0 aliphatic heterocycles. The lowest BCUT2D eigenvalue weighted by atomic mass is 9.86. The number of rotatable bonds is 12. The van der Waals surface area contributed by atoms with E-state index in [1.54, 1.807) is 20.8 Å². The van der Waals surface area contributed by atoms with Crippen LogP contribution in [-0.4, -0.2) is 59.8 Å². The van der Waals surface area contributed by atoms with Crippen molar-refractivity contribution in [2.45, 2.75) is 82.7 Å². The Balaban J connectivity index is 4.69. The van der Waals surface area contributed by atoms with E-state index in [1.165, 1.54) is 0 Å². The molecule has 0 rings (SSSR count). The van der Waals surface area contributed by atoms with Crippen molar-refractivity contribution in [3.63, 3.8) is 0 Å². The van der Waals surface area contributed by atoms with Crippen LogP contribution in [0.1, 0.15) is 40.0 Å². The quantitative estimate of drug-likeness (QED) is 0.367. The Morgan fingerprint density at radius 3 is 1.75 bits per heavy atom. The highest BCUT2D eigenvalue weighted by Crippen LogP contribution is 2.31. The normalized spacial score (nSPS) is 21.8. The summed E-state index contributed by atoms with van der Waals surface area (Å²) in [4.78, 5) is 0. The Kier molecular flexibility index (Phi) is 10.5. The molecule has 0 bridgehead atoms. The smallest absolute Gasteiger partial charge is 0.168 e. The molecule has 0 amide bonds. The molecule has 9 heteroatoms. The minimum atomic E-state index is -3.15. The molecule has 0 aliphatic rings. The van der Waals surface area contributed by atoms with Gasteiger partial charge in [0.15, 0.2) is 24.7 Å². The lowest BCUT2D eigenvalue weighted by Gasteiger charge is -2.33. The maximum absolute atomic E-state index is 13.9. The summed E-state index contributed by atoms with van der Waals surface area (Å²) < 4.78 is 98.9. The van der Waals surface area contributed by atoms with Gasteiger partial charge in [-0.15, -0.1) is 0 Å². The molecule has 1 nitrogen and oxygen atoms in total. The summed E-state index contributed by atoms with van der Waals surface area (Å²) in [6.07, 6.45) is -18.4. The third kappa shape index (κ3) is 6.90. The topological polar surface area (TPSA) is 9.23 Å². The van der Waals surface area contributed by atoms with E-state index in [0.29, 0.717) is 10.5 Å². The first kappa shape index (κ1) is 23.7. The number of hydrogen-bond donors (Lipinski definition) is 0. The second-order valence-corrected chi connectivity index (χ2v) is 6.99. The lowest BCUT2D eigenvalue weighted by molar-refractivity contribution is -0.0331. The summed E-state index contributed by atoms with van der Waals surface area (Å²) >= 11 is 0. The molecule has 0 aromatic carbocycles. The highest BCUT2D eigenvalue weighted by molar-refractivity contribution is 5.98. The summed E-state index contributed by atoms with van der Waals surface area (Å²) in [5.41, 5.74) is -0.754. The van der Waals surface area contributed by atoms with Gasteiger partial charge in [-0.05, 0) is 39.0 Å². The Labute approximate surface area is 141 Å². The van der Waals surface area contributed by atoms with Crippen LogP contribution in [0, 0.1) is 5.92 Å². The number of alkyl halides is 7. The van der Waals surface area contributed by atoms with Crippen LogP contribution in [0.4, 0.5) is 30.7 Å². The third-order valence-corrected chi connectivity index (χ3v) is 5.56. The molecule has 146 valence electrons. The van der Waals surface area contributed by atoms with E-state index in [1.807, 2.05) is 0 Å². The van der Waals surface area contributed by atoms with E-state index >= 15 is 0 Å². The Morgan fingerprint density at radius 1 is 0.875 bits per heavy atom. The Hall–Kier alpha value is -0.313. The largest absolute Gasteiger partial charge is 0.423 e. The van der Waals surface area contributed by atoms with Crippen molar-refractivity contribution in [1.29, 1.82) is 0 Å². The van der Waals surface area contributed by atoms with Gasteiger partial charge in [0.1, 0.15) is 22.8 Å². The molecule has 0 N–H and O–H groups in total. The van der Waals surface area contributed by atoms with E-state index in [-0.39, 0.29) is 6.42 Å². The van der Waals surface area contributed by atoms with E-state index in [9.17, 15) is 30.7 Å². The molecule has 0 fully saturated rings. The van der Waals surface area contributed by atoms with Gasteiger partial charge < -0.3 is 4.43 Å². The average Bonchev–Trinajstić information content (AvgIpc) is 2.56. The van der Waals surface area contributed by atoms with Crippen LogP contribution in [0.3, 0.4) is 0 Å². The van der Waals surface area contributed by atoms with Crippen molar-refractivity contribution in [3.05, 3.63) is 0 Å². The minimum Gasteiger partial charge on any atom is -0.423 e. The minimum absolute atomic E-state index is 0.358. The van der Waals surface area contributed by atoms with Gasteiger partial charge in [-0.2, -0.15) is 0 Å². The molecule has 0 saturated heterocycles. The third-order valence-electron chi connectivity index (χ3n) is 4.51. The van der Waals surface area contributed by atoms with Gasteiger partial charge in [-0.3, -0.25) is 4.39 Å². The van der Waals surface area contributed by atoms with Gasteiger partial charge in [0, 0.05) is 0 Å². The van der Waals surface area contributed by atoms with Crippen molar-refractivity contribution >= 4 is 10.5 Å². The molecule has 7 unspecified atom stereocenters. The molecule has 0 aromatic heterocycles. The van der Waals surface area contributed by atoms with E-state index in [0.717, 1.165) is 0 Å². The molecule has 7 atom stereocenters. The second kappa shape index (κ2) is 10.6. The predicted octanol–water partition coefficient (Wildman–Crippen LogP) is 3.87. The van der Waals surface area contributed by atoms with Gasteiger partial charge in [0.2, 0.25) is 0 Å². The molecular formula is C15H27F7OSi. The van der Waals surface area contributed by atoms with Gasteiger partial charge >= 0.3 is 0 Å². The number of hydrogen-bond acceptors (Lipinski definition) is 1. The van der Waals surface area contributed by atoms with Crippen LogP contribution in [0.25, 0.3) is 0 Å². The van der Waals surface area contributed by atoms with Crippen molar-refractivity contribution in [1.82, 2.24) is 0 Å². The zero-order valence-electron chi connectivity index (χ0n) is 14.4. The first-order chi connectivity index (χ1) is 11.0. The van der Waals surface area contributed by atoms with Crippen molar-refractivity contribution in [2.24, 2.45) is 5.92 Å². The lowest BCUT2D eigenvalue weighted by Crippen LogP contribution is -2.44. The van der Waals surface area contributed by atoms with Crippen molar-refractivity contribution in [3.8, 4) is 0 Å². The second-order valence-electron chi connectivity index (χ2n) is 6.59. The van der Waals surface area contributed by atoms with E-state index in [4.69, 9.17) is 4.43 Å². The SMILES string of the molecule is CC(CC(F)C(F)C(F)C(F)C(F)C(F)CCCF)C(C)(C)O[SiH3]. The molecular weight excluding hydrogens is 357 g/mol. The molecule has 0 heterocycles. The highest BCUT2D eigenvalue weighted by atomic mass is 28.2. The van der Waals surface area contributed by atoms with Crippen molar-refractivity contribution < 1.29 is 35.2 Å². The van der Waals surface area contributed by atoms with E-state index in [2.05, 4.69) is 0 Å². The number of halogens is 7. The fraction of sp³-hybridized carbons (Fsp3) is 1.00. The van der Waals surface area contributed by atoms with Crippen molar-refractivity contribution in [2.75, 3.05) is 6.67 Å². The fourth-order valence-electron chi connectivity index (χ4n) is 2.13. The molecule has 24 heavy (non-hydrogen) atoms. The maximum atomic E-state index is 13.9. The average molecular weight is 384 g/mol. The standard InChI is InChI=1S/C15H27F7OSi/c1-8(15(2,3)23-24)7-10(18)12(20)14(22)13(21)11(19)9(17)5-4-6-16/h8-14H,4-7H2,1-3,24H3. The zero-order chi connectivity index (χ0) is 19.1. The van der Waals surface area contributed by atoms with Gasteiger partial charge in [-0.25, -0.2) is 26.3 Å². The van der Waals surface area contributed by atoms with Crippen LogP contribution in [0.15, 0.2) is 0 Å². The molecule has 0 saturated carbocycles. The summed E-state index contributed by atoms with van der Waals surface area (Å²) in [6, 6.07) is 0. The molecule has 0 aliphatic carbocycles. The molecule has 0 radical (unpaired) electrons. The predicted molar refractivity (Wildman–Crippen MR) is 83.5 cm³/mol. The van der Waals surface area contributed by atoms with Crippen LogP contribution < -0.4 is 0 Å². The summed E-state index contributed by atoms with van der Waals surface area (Å²) in [7, 11) is 0.363. The Bertz CT molecular complexity index is 348. The molecule has 0 aromatic rings. The first-order valence-corrected chi connectivity index (χ1v) is 8.76. The van der Waals surface area contributed by atoms with Crippen LogP contribution in [0.2, 0.25) is 0 Å². The highest BCUT2D eigenvalue weighted by Gasteiger charge is 2.44. The Morgan fingerprint density at radius 2 is 1.33 bits per heavy atom. The van der Waals surface area contributed by atoms with E-state index < -0.39 is 68.1 Å². The monoisotopic (exact) mass is 384 g/mol. The maximum Gasteiger partial charge on any atom is 0.168 e. The fourth-order valence-corrected chi connectivity index (χ4v) is 2.54. The van der Waals surface area contributed by atoms with Gasteiger partial charge in [-0.1, -0.05) is 6.92 Å². The summed E-state index contributed by atoms with van der Waals surface area (Å²) in [6.45, 7) is 3.96. The van der Waals surface area contributed by atoms with Crippen LogP contribution >= 0.6 is 0 Å². The molecule has 0 spiro atoms.